The van der Waals surface area contributed by atoms with E-state index in [0.29, 0.717) is 0 Å². The van der Waals surface area contributed by atoms with Crippen LogP contribution in [0.1, 0.15) is 5.56 Å². The number of benzene rings is 1. The highest BCUT2D eigenvalue weighted by atomic mass is 35.5. The van der Waals surface area contributed by atoms with E-state index in [0.717, 1.165) is 18.7 Å². The first-order valence-electron chi connectivity index (χ1n) is 3.96. The molecule has 0 atom stereocenters. The maximum absolute atomic E-state index is 12.5. The van der Waals surface area contributed by atoms with Crippen LogP contribution in [-0.4, -0.2) is 13.1 Å². The van der Waals surface area contributed by atoms with Gasteiger partial charge in [0.2, 0.25) is 0 Å². The van der Waals surface area contributed by atoms with Gasteiger partial charge in [0.15, 0.2) is 0 Å². The van der Waals surface area contributed by atoms with E-state index in [1.807, 2.05) is 0 Å². The van der Waals surface area contributed by atoms with Gasteiger partial charge in [0.05, 0.1) is 5.54 Å². The molecule has 1 aromatic rings. The molecule has 1 aliphatic rings. The van der Waals surface area contributed by atoms with Gasteiger partial charge in [-0.15, -0.1) is 12.4 Å². The standard InChI is InChI=1S/C9H11FN2.ClH/c10-8-3-1-7(2-4-8)9(11)5-12-6-9;/h1-4,12H,5-6,11H2;1H. The molecule has 2 rings (SSSR count). The zero-order valence-electron chi connectivity index (χ0n) is 7.09. The van der Waals surface area contributed by atoms with E-state index in [9.17, 15) is 4.39 Å². The molecule has 0 bridgehead atoms. The quantitative estimate of drug-likeness (QED) is 0.713. The normalized spacial score (nSPS) is 18.6. The first-order chi connectivity index (χ1) is 5.71. The third-order valence-corrected chi connectivity index (χ3v) is 2.30. The predicted molar refractivity (Wildman–Crippen MR) is 52.4 cm³/mol. The number of nitrogens with two attached hydrogens (primary N) is 1. The molecule has 1 heterocycles. The van der Waals surface area contributed by atoms with Crippen LogP contribution >= 0.6 is 12.4 Å². The van der Waals surface area contributed by atoms with E-state index >= 15 is 0 Å². The number of halogens is 2. The first kappa shape index (κ1) is 10.4. The van der Waals surface area contributed by atoms with Crippen molar-refractivity contribution in [3.63, 3.8) is 0 Å². The molecule has 13 heavy (non-hydrogen) atoms. The van der Waals surface area contributed by atoms with Gasteiger partial charge >= 0.3 is 0 Å². The van der Waals surface area contributed by atoms with Crippen molar-refractivity contribution in [3.8, 4) is 0 Å². The van der Waals surface area contributed by atoms with Gasteiger partial charge in [0.25, 0.3) is 0 Å². The number of rotatable bonds is 1. The van der Waals surface area contributed by atoms with Gasteiger partial charge in [-0.2, -0.15) is 0 Å². The van der Waals surface area contributed by atoms with Crippen LogP contribution in [0.25, 0.3) is 0 Å². The largest absolute Gasteiger partial charge is 0.319 e. The van der Waals surface area contributed by atoms with Crippen molar-refractivity contribution in [1.29, 1.82) is 0 Å². The zero-order chi connectivity index (χ0) is 8.60. The second kappa shape index (κ2) is 3.62. The highest BCUT2D eigenvalue weighted by Crippen LogP contribution is 2.22. The Morgan fingerprint density at radius 2 is 1.77 bits per heavy atom. The highest BCUT2D eigenvalue weighted by Gasteiger charge is 2.33. The summed E-state index contributed by atoms with van der Waals surface area (Å²) >= 11 is 0. The van der Waals surface area contributed by atoms with Crippen molar-refractivity contribution in [2.45, 2.75) is 5.54 Å². The van der Waals surface area contributed by atoms with Gasteiger partial charge in [-0.3, -0.25) is 0 Å². The molecular weight excluding hydrogens is 191 g/mol. The molecule has 0 unspecified atom stereocenters. The van der Waals surface area contributed by atoms with Gasteiger partial charge in [-0.1, -0.05) is 12.1 Å². The van der Waals surface area contributed by atoms with Crippen molar-refractivity contribution in [2.75, 3.05) is 13.1 Å². The molecular formula is C9H12ClFN2. The molecule has 1 aliphatic heterocycles. The van der Waals surface area contributed by atoms with Crippen LogP contribution in [0, 0.1) is 5.82 Å². The van der Waals surface area contributed by atoms with Crippen LogP contribution in [0.4, 0.5) is 4.39 Å². The molecule has 0 amide bonds. The number of hydrogen-bond acceptors (Lipinski definition) is 2. The summed E-state index contributed by atoms with van der Waals surface area (Å²) in [4.78, 5) is 0. The Hall–Kier alpha value is -0.640. The van der Waals surface area contributed by atoms with E-state index in [1.54, 1.807) is 12.1 Å². The average Bonchev–Trinajstić information content (AvgIpc) is 2.02. The summed E-state index contributed by atoms with van der Waals surface area (Å²) in [6, 6.07) is 6.39. The molecule has 4 heteroatoms. The summed E-state index contributed by atoms with van der Waals surface area (Å²) < 4.78 is 12.5. The van der Waals surface area contributed by atoms with E-state index < -0.39 is 0 Å². The van der Waals surface area contributed by atoms with Gasteiger partial charge in [-0.05, 0) is 17.7 Å². The summed E-state index contributed by atoms with van der Waals surface area (Å²) in [6.07, 6.45) is 0. The Balaban J connectivity index is 0.000000845. The fraction of sp³-hybridized carbons (Fsp3) is 0.333. The van der Waals surface area contributed by atoms with Gasteiger partial charge in [-0.25, -0.2) is 4.39 Å². The molecule has 1 fully saturated rings. The highest BCUT2D eigenvalue weighted by molar-refractivity contribution is 5.85. The minimum Gasteiger partial charge on any atom is -0.319 e. The van der Waals surface area contributed by atoms with Crippen LogP contribution in [-0.2, 0) is 5.54 Å². The van der Waals surface area contributed by atoms with Crippen molar-refractivity contribution < 1.29 is 4.39 Å². The molecule has 2 nitrogen and oxygen atoms in total. The third kappa shape index (κ3) is 1.82. The molecule has 72 valence electrons. The molecule has 0 aliphatic carbocycles. The van der Waals surface area contributed by atoms with Crippen molar-refractivity contribution in [2.24, 2.45) is 5.73 Å². The number of hydrogen-bond donors (Lipinski definition) is 2. The monoisotopic (exact) mass is 202 g/mol. The molecule has 0 spiro atoms. The van der Waals surface area contributed by atoms with Gasteiger partial charge in [0.1, 0.15) is 5.82 Å². The van der Waals surface area contributed by atoms with Crippen molar-refractivity contribution >= 4 is 12.4 Å². The molecule has 1 saturated heterocycles. The fourth-order valence-electron chi connectivity index (χ4n) is 1.38. The summed E-state index contributed by atoms with van der Waals surface area (Å²) in [7, 11) is 0. The van der Waals surface area contributed by atoms with Crippen LogP contribution in [0.2, 0.25) is 0 Å². The van der Waals surface area contributed by atoms with E-state index in [4.69, 9.17) is 5.73 Å². The minimum absolute atomic E-state index is 0. The van der Waals surface area contributed by atoms with E-state index in [-0.39, 0.29) is 23.8 Å². The maximum Gasteiger partial charge on any atom is 0.123 e. The lowest BCUT2D eigenvalue weighted by Crippen LogP contribution is -2.62. The third-order valence-electron chi connectivity index (χ3n) is 2.30. The van der Waals surface area contributed by atoms with E-state index in [2.05, 4.69) is 5.32 Å². The zero-order valence-corrected chi connectivity index (χ0v) is 7.90. The SMILES string of the molecule is Cl.NC1(c2ccc(F)cc2)CNC1. The van der Waals surface area contributed by atoms with Gasteiger partial charge < -0.3 is 11.1 Å². The van der Waals surface area contributed by atoms with Gasteiger partial charge in [0, 0.05) is 13.1 Å². The Morgan fingerprint density at radius 3 is 2.15 bits per heavy atom. The Bertz CT molecular complexity index is 282. The lowest BCUT2D eigenvalue weighted by molar-refractivity contribution is 0.287. The predicted octanol–water partition coefficient (Wildman–Crippen LogP) is 1.00. The Kier molecular flexibility index (Phi) is 2.91. The van der Waals surface area contributed by atoms with Crippen molar-refractivity contribution in [1.82, 2.24) is 5.32 Å². The second-order valence-electron chi connectivity index (χ2n) is 3.27. The Labute approximate surface area is 82.7 Å². The molecule has 3 N–H and O–H groups in total. The van der Waals surface area contributed by atoms with E-state index in [1.165, 1.54) is 12.1 Å². The van der Waals surface area contributed by atoms with Crippen molar-refractivity contribution in [3.05, 3.63) is 35.6 Å². The average molecular weight is 203 g/mol. The van der Waals surface area contributed by atoms with Crippen LogP contribution in [0.5, 0.6) is 0 Å². The Morgan fingerprint density at radius 1 is 1.23 bits per heavy atom. The van der Waals surface area contributed by atoms with Crippen LogP contribution in [0.3, 0.4) is 0 Å². The lowest BCUT2D eigenvalue weighted by atomic mass is 9.85. The summed E-state index contributed by atoms with van der Waals surface area (Å²) in [5.41, 5.74) is 6.72. The lowest BCUT2D eigenvalue weighted by Gasteiger charge is -2.39. The summed E-state index contributed by atoms with van der Waals surface area (Å²) in [5.74, 6) is -0.213. The first-order valence-corrected chi connectivity index (χ1v) is 3.96. The topological polar surface area (TPSA) is 38.0 Å². The summed E-state index contributed by atoms with van der Waals surface area (Å²) in [6.45, 7) is 1.55. The minimum atomic E-state index is -0.270. The van der Waals surface area contributed by atoms with Crippen LogP contribution in [0.15, 0.2) is 24.3 Å². The maximum atomic E-state index is 12.5. The second-order valence-corrected chi connectivity index (χ2v) is 3.27. The summed E-state index contributed by atoms with van der Waals surface area (Å²) in [5, 5.41) is 3.10. The molecule has 0 saturated carbocycles. The molecule has 0 aromatic heterocycles. The number of nitrogens with one attached hydrogen (secondary N) is 1. The molecule has 1 aromatic carbocycles. The fourth-order valence-corrected chi connectivity index (χ4v) is 1.38. The van der Waals surface area contributed by atoms with Crippen LogP contribution < -0.4 is 11.1 Å². The molecule has 0 radical (unpaired) electrons. The smallest absolute Gasteiger partial charge is 0.123 e.